The highest BCUT2D eigenvalue weighted by atomic mass is 32.2. The number of nitrogens with one attached hydrogen (secondary N) is 2. The van der Waals surface area contributed by atoms with Gasteiger partial charge in [-0.15, -0.1) is 11.8 Å². The molecule has 4 nitrogen and oxygen atoms in total. The first-order valence-electron chi connectivity index (χ1n) is 12.7. The molecule has 31 heavy (non-hydrogen) atoms. The molecule has 0 aliphatic rings. The maximum atomic E-state index is 11.8. The van der Waals surface area contributed by atoms with Gasteiger partial charge in [-0.1, -0.05) is 103 Å². The van der Waals surface area contributed by atoms with Gasteiger partial charge in [0.25, 0.3) is 0 Å². The van der Waals surface area contributed by atoms with Crippen LogP contribution in [-0.4, -0.2) is 23.6 Å². The van der Waals surface area contributed by atoms with Crippen LogP contribution in [0, 0.1) is 0 Å². The van der Waals surface area contributed by atoms with Crippen molar-refractivity contribution in [2.24, 2.45) is 0 Å². The molecule has 0 unspecified atom stereocenters. The van der Waals surface area contributed by atoms with Gasteiger partial charge in [0, 0.05) is 11.4 Å². The Morgan fingerprint density at radius 1 is 0.710 bits per heavy atom. The van der Waals surface area contributed by atoms with Crippen LogP contribution in [0.4, 0.5) is 4.79 Å². The van der Waals surface area contributed by atoms with E-state index in [0.717, 1.165) is 17.9 Å². The van der Waals surface area contributed by atoms with Gasteiger partial charge in [0.2, 0.25) is 0 Å². The minimum Gasteiger partial charge on any atom is -0.508 e. The zero-order valence-electron chi connectivity index (χ0n) is 19.8. The van der Waals surface area contributed by atoms with Crippen LogP contribution in [0.3, 0.4) is 0 Å². The summed E-state index contributed by atoms with van der Waals surface area (Å²) in [7, 11) is 0. The number of carbonyl (C=O) groups excluding carboxylic acids is 1. The van der Waals surface area contributed by atoms with Crippen LogP contribution in [0.5, 0.6) is 5.75 Å². The lowest BCUT2D eigenvalue weighted by Crippen LogP contribution is -2.35. The molecule has 0 bridgehead atoms. The largest absolute Gasteiger partial charge is 0.508 e. The minimum atomic E-state index is -0.104. The standard InChI is InChI=1S/C26H46N2O2S/c1-2-3-4-5-6-7-8-9-10-11-12-13-14-15-16-17-22-27-26(30)28-23-31-25-20-18-24(29)19-21-25/h18-21,29H,2-17,22-23H2,1H3,(H2,27,28,30). The summed E-state index contributed by atoms with van der Waals surface area (Å²) in [6, 6.07) is 6.89. The van der Waals surface area contributed by atoms with Crippen molar-refractivity contribution >= 4 is 17.8 Å². The van der Waals surface area contributed by atoms with Crippen molar-refractivity contribution in [3.8, 4) is 5.75 Å². The number of carbonyl (C=O) groups is 1. The Morgan fingerprint density at radius 2 is 1.16 bits per heavy atom. The molecule has 2 amide bonds. The van der Waals surface area contributed by atoms with Gasteiger partial charge in [0.05, 0.1) is 5.88 Å². The molecule has 0 aliphatic carbocycles. The highest BCUT2D eigenvalue weighted by Crippen LogP contribution is 2.19. The molecule has 0 atom stereocenters. The van der Waals surface area contributed by atoms with Crippen molar-refractivity contribution in [1.82, 2.24) is 10.6 Å². The van der Waals surface area contributed by atoms with Crippen molar-refractivity contribution in [3.63, 3.8) is 0 Å². The highest BCUT2D eigenvalue weighted by Gasteiger charge is 2.00. The normalized spacial score (nSPS) is 10.9. The van der Waals surface area contributed by atoms with Crippen LogP contribution >= 0.6 is 11.8 Å². The average Bonchev–Trinajstić information content (AvgIpc) is 2.77. The summed E-state index contributed by atoms with van der Waals surface area (Å²) >= 11 is 1.54. The molecule has 178 valence electrons. The summed E-state index contributed by atoms with van der Waals surface area (Å²) in [5, 5.41) is 15.0. The van der Waals surface area contributed by atoms with E-state index in [2.05, 4.69) is 17.6 Å². The van der Waals surface area contributed by atoms with Gasteiger partial charge in [-0.2, -0.15) is 0 Å². The maximum absolute atomic E-state index is 11.8. The topological polar surface area (TPSA) is 61.4 Å². The Kier molecular flexibility index (Phi) is 18.3. The minimum absolute atomic E-state index is 0.104. The van der Waals surface area contributed by atoms with Crippen LogP contribution in [0.2, 0.25) is 0 Å². The Morgan fingerprint density at radius 3 is 1.65 bits per heavy atom. The van der Waals surface area contributed by atoms with Crippen LogP contribution in [0.1, 0.15) is 110 Å². The summed E-state index contributed by atoms with van der Waals surface area (Å²) < 4.78 is 0. The fraction of sp³-hybridized carbons (Fsp3) is 0.731. The van der Waals surface area contributed by atoms with Crippen molar-refractivity contribution in [1.29, 1.82) is 0 Å². The van der Waals surface area contributed by atoms with Gasteiger partial charge < -0.3 is 15.7 Å². The van der Waals surface area contributed by atoms with Gasteiger partial charge >= 0.3 is 6.03 Å². The molecule has 0 spiro atoms. The van der Waals surface area contributed by atoms with Crippen LogP contribution in [-0.2, 0) is 0 Å². The van der Waals surface area contributed by atoms with Crippen molar-refractivity contribution in [2.75, 3.05) is 12.4 Å². The first-order chi connectivity index (χ1) is 15.2. The smallest absolute Gasteiger partial charge is 0.315 e. The molecule has 1 aromatic carbocycles. The van der Waals surface area contributed by atoms with E-state index in [9.17, 15) is 9.90 Å². The third-order valence-electron chi connectivity index (χ3n) is 5.62. The van der Waals surface area contributed by atoms with Crippen molar-refractivity contribution in [3.05, 3.63) is 24.3 Å². The predicted molar refractivity (Wildman–Crippen MR) is 135 cm³/mol. The van der Waals surface area contributed by atoms with Gasteiger partial charge in [-0.25, -0.2) is 4.79 Å². The number of unbranched alkanes of at least 4 members (excludes halogenated alkanes) is 15. The zero-order chi connectivity index (χ0) is 22.4. The molecule has 1 rings (SSSR count). The Balaban J connectivity index is 1.76. The fourth-order valence-electron chi connectivity index (χ4n) is 3.66. The molecular formula is C26H46N2O2S. The van der Waals surface area contributed by atoms with E-state index in [0.29, 0.717) is 5.88 Å². The van der Waals surface area contributed by atoms with Crippen LogP contribution < -0.4 is 10.6 Å². The number of phenols is 1. The molecule has 0 radical (unpaired) electrons. The number of urea groups is 1. The fourth-order valence-corrected chi connectivity index (χ4v) is 4.36. The number of phenolic OH excluding ortho intramolecular Hbond substituents is 1. The molecule has 1 aromatic rings. The summed E-state index contributed by atoms with van der Waals surface area (Å²) in [5.74, 6) is 0.782. The van der Waals surface area contributed by atoms with E-state index < -0.39 is 0 Å². The summed E-state index contributed by atoms with van der Waals surface area (Å²) in [5.41, 5.74) is 0. The van der Waals surface area contributed by atoms with Crippen LogP contribution in [0.15, 0.2) is 29.2 Å². The lowest BCUT2D eigenvalue weighted by Gasteiger charge is -2.07. The molecule has 0 aromatic heterocycles. The summed E-state index contributed by atoms with van der Waals surface area (Å²) in [6.07, 6.45) is 21.8. The van der Waals surface area contributed by atoms with Gasteiger partial charge in [0.15, 0.2) is 0 Å². The SMILES string of the molecule is CCCCCCCCCCCCCCCCCCNC(=O)NCSc1ccc(O)cc1. The van der Waals surface area contributed by atoms with E-state index >= 15 is 0 Å². The number of benzene rings is 1. The lowest BCUT2D eigenvalue weighted by atomic mass is 10.0. The quantitative estimate of drug-likeness (QED) is 0.107. The first kappa shape index (κ1) is 27.7. The van der Waals surface area contributed by atoms with Crippen molar-refractivity contribution < 1.29 is 9.90 Å². The van der Waals surface area contributed by atoms with E-state index in [1.807, 2.05) is 12.1 Å². The number of hydrogen-bond acceptors (Lipinski definition) is 3. The van der Waals surface area contributed by atoms with E-state index in [-0.39, 0.29) is 11.8 Å². The number of thioether (sulfide) groups is 1. The molecule has 0 saturated heterocycles. The zero-order valence-corrected chi connectivity index (χ0v) is 20.6. The molecule has 3 N–H and O–H groups in total. The van der Waals surface area contributed by atoms with Gasteiger partial charge in [0.1, 0.15) is 5.75 Å². The molecule has 0 fully saturated rings. The second-order valence-corrected chi connectivity index (χ2v) is 9.57. The lowest BCUT2D eigenvalue weighted by molar-refractivity contribution is 0.242. The highest BCUT2D eigenvalue weighted by molar-refractivity contribution is 7.99. The van der Waals surface area contributed by atoms with E-state index in [4.69, 9.17) is 0 Å². The molecule has 0 aliphatic heterocycles. The maximum Gasteiger partial charge on any atom is 0.315 e. The molecule has 0 heterocycles. The predicted octanol–water partition coefficient (Wildman–Crippen LogP) is 8.00. The second-order valence-electron chi connectivity index (χ2n) is 8.52. The number of rotatable bonds is 20. The first-order valence-corrected chi connectivity index (χ1v) is 13.6. The second kappa shape index (κ2) is 20.5. The third kappa shape index (κ3) is 18.0. The number of hydrogen-bond donors (Lipinski definition) is 3. The molecule has 0 saturated carbocycles. The Hall–Kier alpha value is -1.36. The number of aromatic hydroxyl groups is 1. The third-order valence-corrected chi connectivity index (χ3v) is 6.52. The van der Waals surface area contributed by atoms with Gasteiger partial charge in [-0.05, 0) is 30.7 Å². The Bertz CT molecular complexity index is 537. The Labute approximate surface area is 195 Å². The van der Waals surface area contributed by atoms with Crippen LogP contribution in [0.25, 0.3) is 0 Å². The van der Waals surface area contributed by atoms with E-state index in [1.165, 1.54) is 108 Å². The van der Waals surface area contributed by atoms with Crippen molar-refractivity contribution in [2.45, 2.75) is 115 Å². The molecule has 5 heteroatoms. The van der Waals surface area contributed by atoms with Gasteiger partial charge in [-0.3, -0.25) is 0 Å². The number of amides is 2. The summed E-state index contributed by atoms with van der Waals surface area (Å²) in [6.45, 7) is 3.02. The average molecular weight is 451 g/mol. The van der Waals surface area contributed by atoms with E-state index in [1.54, 1.807) is 12.1 Å². The molecular weight excluding hydrogens is 404 g/mol. The monoisotopic (exact) mass is 450 g/mol. The summed E-state index contributed by atoms with van der Waals surface area (Å²) in [4.78, 5) is 12.8.